The highest BCUT2D eigenvalue weighted by molar-refractivity contribution is 6.69. The maximum atomic E-state index is 12.5. The van der Waals surface area contributed by atoms with E-state index in [2.05, 4.69) is 0 Å². The monoisotopic (exact) mass is 332 g/mol. The predicted molar refractivity (Wildman–Crippen MR) is 92.2 cm³/mol. The van der Waals surface area contributed by atoms with Crippen LogP contribution < -0.4 is 0 Å². The van der Waals surface area contributed by atoms with Crippen molar-refractivity contribution in [1.82, 2.24) is 0 Å². The van der Waals surface area contributed by atoms with E-state index in [0.29, 0.717) is 12.0 Å². The normalized spacial score (nSPS) is 17.8. The van der Waals surface area contributed by atoms with E-state index in [4.69, 9.17) is 0 Å². The van der Waals surface area contributed by atoms with Crippen molar-refractivity contribution in [3.05, 3.63) is 82.9 Å². The lowest BCUT2D eigenvalue weighted by molar-refractivity contribution is -0.146. The first-order valence-corrected chi connectivity index (χ1v) is 7.97. The summed E-state index contributed by atoms with van der Waals surface area (Å²) in [5.74, 6) is -4.77. The summed E-state index contributed by atoms with van der Waals surface area (Å²) in [4.78, 5) is 49.7. The number of carbonyl (C=O) groups is 4. The number of allylic oxidation sites excluding steroid dienone is 2. The molecule has 0 spiro atoms. The average molecular weight is 332 g/mol. The summed E-state index contributed by atoms with van der Waals surface area (Å²) in [7, 11) is 0. The van der Waals surface area contributed by atoms with Gasteiger partial charge in [-0.25, -0.2) is 0 Å². The first-order valence-electron chi connectivity index (χ1n) is 7.97. The summed E-state index contributed by atoms with van der Waals surface area (Å²) >= 11 is 0. The lowest BCUT2D eigenvalue weighted by Gasteiger charge is -2.20. The molecule has 2 aromatic carbocycles. The summed E-state index contributed by atoms with van der Waals surface area (Å²) in [6, 6.07) is 16.0. The third kappa shape index (κ3) is 3.24. The van der Waals surface area contributed by atoms with E-state index in [-0.39, 0.29) is 5.57 Å². The van der Waals surface area contributed by atoms with Crippen LogP contribution in [0.5, 0.6) is 0 Å². The Kier molecular flexibility index (Phi) is 4.52. The van der Waals surface area contributed by atoms with Gasteiger partial charge in [0.25, 0.3) is 0 Å². The zero-order chi connectivity index (χ0) is 18.0. The minimum atomic E-state index is -1.33. The van der Waals surface area contributed by atoms with Crippen molar-refractivity contribution < 1.29 is 19.2 Å². The van der Waals surface area contributed by atoms with Crippen LogP contribution in [-0.2, 0) is 25.6 Å². The number of hydrogen-bond donors (Lipinski definition) is 0. The predicted octanol–water partition coefficient (Wildman–Crippen LogP) is 2.54. The molecule has 0 bridgehead atoms. The van der Waals surface area contributed by atoms with Gasteiger partial charge in [-0.15, -0.1) is 0 Å². The minimum Gasteiger partial charge on any atom is -0.289 e. The van der Waals surface area contributed by atoms with Gasteiger partial charge >= 0.3 is 0 Å². The van der Waals surface area contributed by atoms with Gasteiger partial charge < -0.3 is 0 Å². The SMILES string of the molecule is Cc1cccc(C2C(=O)C(=O)C(=CCc3ccccc3)C(=O)C2=O)c1. The molecular formula is C21H16O4. The highest BCUT2D eigenvalue weighted by Gasteiger charge is 2.45. The van der Waals surface area contributed by atoms with Crippen LogP contribution in [0.4, 0.5) is 0 Å². The largest absolute Gasteiger partial charge is 0.289 e. The second-order valence-electron chi connectivity index (χ2n) is 6.04. The van der Waals surface area contributed by atoms with Gasteiger partial charge in [0.1, 0.15) is 5.92 Å². The highest BCUT2D eigenvalue weighted by atomic mass is 16.2. The Hall–Kier alpha value is -3.14. The molecule has 1 aliphatic rings. The smallest absolute Gasteiger partial charge is 0.233 e. The molecule has 4 nitrogen and oxygen atoms in total. The number of ketones is 4. The number of benzene rings is 2. The van der Waals surface area contributed by atoms with Gasteiger partial charge in [0, 0.05) is 0 Å². The molecule has 0 aliphatic heterocycles. The van der Waals surface area contributed by atoms with Crippen LogP contribution in [0.2, 0.25) is 0 Å². The Morgan fingerprint density at radius 1 is 0.840 bits per heavy atom. The lowest BCUT2D eigenvalue weighted by atomic mass is 9.77. The van der Waals surface area contributed by atoms with Gasteiger partial charge in [-0.05, 0) is 24.5 Å². The minimum absolute atomic E-state index is 0.309. The van der Waals surface area contributed by atoms with E-state index in [1.165, 1.54) is 6.08 Å². The van der Waals surface area contributed by atoms with E-state index in [1.54, 1.807) is 18.2 Å². The van der Waals surface area contributed by atoms with Crippen molar-refractivity contribution in [2.75, 3.05) is 0 Å². The van der Waals surface area contributed by atoms with Crippen LogP contribution in [-0.4, -0.2) is 23.1 Å². The van der Waals surface area contributed by atoms with E-state index < -0.39 is 29.1 Å². The molecule has 1 saturated carbocycles. The summed E-state index contributed by atoms with van der Waals surface area (Å²) in [5.41, 5.74) is 1.81. The standard InChI is InChI=1S/C21H16O4/c1-13-6-5-9-15(12-13)17-20(24)18(22)16(19(23)21(17)25)11-10-14-7-3-2-4-8-14/h2-9,11-12,17H,10H2,1H3. The molecule has 0 radical (unpaired) electrons. The summed E-state index contributed by atoms with van der Waals surface area (Å²) in [6.45, 7) is 1.82. The van der Waals surface area contributed by atoms with Gasteiger partial charge in [-0.2, -0.15) is 0 Å². The van der Waals surface area contributed by atoms with Gasteiger partial charge in [0.05, 0.1) is 5.57 Å². The van der Waals surface area contributed by atoms with E-state index in [9.17, 15) is 19.2 Å². The molecule has 0 atom stereocenters. The van der Waals surface area contributed by atoms with E-state index >= 15 is 0 Å². The average Bonchev–Trinajstić information content (AvgIpc) is 2.61. The summed E-state index contributed by atoms with van der Waals surface area (Å²) < 4.78 is 0. The van der Waals surface area contributed by atoms with Crippen molar-refractivity contribution in [2.24, 2.45) is 0 Å². The molecule has 3 rings (SSSR count). The maximum Gasteiger partial charge on any atom is 0.233 e. The Morgan fingerprint density at radius 2 is 1.48 bits per heavy atom. The van der Waals surface area contributed by atoms with Crippen molar-refractivity contribution in [2.45, 2.75) is 19.3 Å². The fourth-order valence-corrected chi connectivity index (χ4v) is 2.92. The van der Waals surface area contributed by atoms with Gasteiger partial charge in [0.15, 0.2) is 0 Å². The quantitative estimate of drug-likeness (QED) is 0.375. The van der Waals surface area contributed by atoms with Gasteiger partial charge in [0.2, 0.25) is 23.1 Å². The van der Waals surface area contributed by atoms with Crippen molar-refractivity contribution in [1.29, 1.82) is 0 Å². The number of carbonyl (C=O) groups excluding carboxylic acids is 4. The molecular weight excluding hydrogens is 316 g/mol. The Balaban J connectivity index is 1.92. The fraction of sp³-hybridized carbons (Fsp3) is 0.143. The van der Waals surface area contributed by atoms with Crippen LogP contribution in [0.25, 0.3) is 0 Å². The van der Waals surface area contributed by atoms with E-state index in [0.717, 1.165) is 11.1 Å². The molecule has 0 aromatic heterocycles. The van der Waals surface area contributed by atoms with Crippen LogP contribution in [0.1, 0.15) is 22.6 Å². The van der Waals surface area contributed by atoms with Crippen LogP contribution in [0, 0.1) is 6.92 Å². The van der Waals surface area contributed by atoms with Gasteiger partial charge in [-0.1, -0.05) is 66.2 Å². The van der Waals surface area contributed by atoms with Crippen molar-refractivity contribution >= 4 is 23.1 Å². The highest BCUT2D eigenvalue weighted by Crippen LogP contribution is 2.27. The number of aryl methyl sites for hydroxylation is 1. The molecule has 25 heavy (non-hydrogen) atoms. The molecule has 0 unspecified atom stereocenters. The molecule has 124 valence electrons. The maximum absolute atomic E-state index is 12.5. The molecule has 0 N–H and O–H groups in total. The number of rotatable bonds is 3. The number of Topliss-reactive ketones (excluding diaryl/α,β-unsaturated/α-hetero) is 4. The number of hydrogen-bond acceptors (Lipinski definition) is 4. The van der Waals surface area contributed by atoms with Crippen molar-refractivity contribution in [3.8, 4) is 0 Å². The first kappa shape index (κ1) is 16.7. The van der Waals surface area contributed by atoms with E-state index in [1.807, 2.05) is 43.3 Å². The zero-order valence-corrected chi connectivity index (χ0v) is 13.7. The van der Waals surface area contributed by atoms with Gasteiger partial charge in [-0.3, -0.25) is 19.2 Å². The Bertz CT molecular complexity index is 877. The molecule has 0 saturated heterocycles. The fourth-order valence-electron chi connectivity index (χ4n) is 2.92. The second kappa shape index (κ2) is 6.77. The molecule has 1 aliphatic carbocycles. The lowest BCUT2D eigenvalue weighted by Crippen LogP contribution is -2.42. The molecule has 2 aromatic rings. The second-order valence-corrected chi connectivity index (χ2v) is 6.04. The zero-order valence-electron chi connectivity index (χ0n) is 13.7. The Morgan fingerprint density at radius 3 is 2.08 bits per heavy atom. The molecule has 4 heteroatoms. The van der Waals surface area contributed by atoms with Crippen molar-refractivity contribution in [3.63, 3.8) is 0 Å². The van der Waals surface area contributed by atoms with Crippen LogP contribution in [0.15, 0.2) is 66.2 Å². The Labute approximate surface area is 145 Å². The first-order chi connectivity index (χ1) is 12.0. The van der Waals surface area contributed by atoms with Crippen LogP contribution >= 0.6 is 0 Å². The summed E-state index contributed by atoms with van der Waals surface area (Å²) in [5, 5.41) is 0. The summed E-state index contributed by atoms with van der Waals surface area (Å²) in [6.07, 6.45) is 1.69. The topological polar surface area (TPSA) is 68.3 Å². The van der Waals surface area contributed by atoms with Crippen LogP contribution in [0.3, 0.4) is 0 Å². The molecule has 1 fully saturated rings. The third-order valence-electron chi connectivity index (χ3n) is 4.22. The third-order valence-corrected chi connectivity index (χ3v) is 4.22. The molecule has 0 amide bonds. The molecule has 0 heterocycles.